The van der Waals surface area contributed by atoms with Crippen LogP contribution in [0.2, 0.25) is 0 Å². The molecule has 0 aliphatic carbocycles. The zero-order chi connectivity index (χ0) is 46.6. The molecule has 14 heteroatoms. The average molecular weight is 1010 g/mol. The molecule has 1 aliphatic heterocycles. The molecule has 67 heavy (non-hydrogen) atoms. The quantitative estimate of drug-likeness (QED) is 0.0338. The van der Waals surface area contributed by atoms with E-state index in [0.29, 0.717) is 11.5 Å². The molecule has 1 unspecified atom stereocenters. The molecular formula is C53H59BrN5O6PS. The van der Waals surface area contributed by atoms with Crippen LogP contribution in [0.3, 0.4) is 0 Å². The highest BCUT2D eigenvalue weighted by atomic mass is 79.9. The minimum Gasteiger partial charge on any atom is -1.00 e. The Morgan fingerprint density at radius 1 is 0.806 bits per heavy atom. The Morgan fingerprint density at radius 2 is 1.40 bits per heavy atom. The number of hydrogen-bond donors (Lipinski definition) is 1. The number of hydrogen-bond acceptors (Lipinski definition) is 10. The molecule has 6 aromatic rings. The molecule has 0 saturated heterocycles. The van der Waals surface area contributed by atoms with Crippen molar-refractivity contribution in [2.75, 3.05) is 46.0 Å². The third kappa shape index (κ3) is 12.1. The molecule has 1 N–H and O–H groups in total. The van der Waals surface area contributed by atoms with Gasteiger partial charge in [-0.15, -0.1) is 0 Å². The van der Waals surface area contributed by atoms with Crippen LogP contribution in [0, 0.1) is 11.3 Å². The number of carbonyl (C=O) groups excluding carboxylic acids is 1. The van der Waals surface area contributed by atoms with Gasteiger partial charge in [-0.05, 0) is 98.5 Å². The Kier molecular flexibility index (Phi) is 18.4. The van der Waals surface area contributed by atoms with Gasteiger partial charge < -0.3 is 50.5 Å². The number of thioether (sulfide) groups is 1. The molecule has 11 nitrogen and oxygen atoms in total. The van der Waals surface area contributed by atoms with Crippen molar-refractivity contribution >= 4 is 48.9 Å². The van der Waals surface area contributed by atoms with Crippen molar-refractivity contribution in [2.24, 2.45) is 0 Å². The molecule has 350 valence electrons. The lowest BCUT2D eigenvalue weighted by Gasteiger charge is -2.38. The van der Waals surface area contributed by atoms with Gasteiger partial charge in [0.1, 0.15) is 17.1 Å². The first-order valence-electron chi connectivity index (χ1n) is 22.2. The van der Waals surface area contributed by atoms with Crippen molar-refractivity contribution in [3.63, 3.8) is 0 Å². The van der Waals surface area contributed by atoms with E-state index in [2.05, 4.69) is 98.2 Å². The van der Waals surface area contributed by atoms with Crippen LogP contribution in [-0.2, 0) is 30.7 Å². The van der Waals surface area contributed by atoms with Crippen LogP contribution in [-0.4, -0.2) is 69.8 Å². The summed E-state index contributed by atoms with van der Waals surface area (Å²) in [6, 6.07) is 46.1. The Bertz CT molecular complexity index is 2570. The summed E-state index contributed by atoms with van der Waals surface area (Å²) in [6.45, 7) is 8.78. The fourth-order valence-electron chi connectivity index (χ4n) is 8.28. The van der Waals surface area contributed by atoms with Crippen molar-refractivity contribution in [3.8, 4) is 17.6 Å². The average Bonchev–Trinajstić information content (AvgIpc) is 3.65. The number of anilines is 1. The second-order valence-electron chi connectivity index (χ2n) is 16.4. The van der Waals surface area contributed by atoms with Crippen LogP contribution >= 0.6 is 20.3 Å². The number of nitrogens with one attached hydrogen (secondary N) is 1. The highest BCUT2D eigenvalue weighted by molar-refractivity contribution is 8.03. The summed E-state index contributed by atoms with van der Waals surface area (Å²) in [5, 5.41) is 14.9. The largest absolute Gasteiger partial charge is 1.00 e. The number of nitriles is 1. The molecule has 1 aromatic heterocycles. The van der Waals surface area contributed by atoms with Gasteiger partial charge in [0, 0.05) is 36.2 Å². The molecule has 2 atom stereocenters. The zero-order valence-electron chi connectivity index (χ0n) is 39.1. The normalized spacial score (nSPS) is 13.9. The van der Waals surface area contributed by atoms with Crippen molar-refractivity contribution in [1.82, 2.24) is 9.99 Å². The summed E-state index contributed by atoms with van der Waals surface area (Å²) in [4.78, 5) is 17.9. The van der Waals surface area contributed by atoms with E-state index >= 15 is 0 Å². The topological polar surface area (TPSA) is 109 Å². The lowest BCUT2D eigenvalue weighted by atomic mass is 9.80. The zero-order valence-corrected chi connectivity index (χ0v) is 42.4. The predicted octanol–water partition coefficient (Wildman–Crippen LogP) is 7.48. The van der Waals surface area contributed by atoms with Gasteiger partial charge in [-0.25, -0.2) is 4.67 Å². The summed E-state index contributed by atoms with van der Waals surface area (Å²) < 4.78 is 35.7. The van der Waals surface area contributed by atoms with Gasteiger partial charge in [-0.3, -0.25) is 4.79 Å². The van der Waals surface area contributed by atoms with Crippen LogP contribution in [0.15, 0.2) is 150 Å². The number of ether oxygens (including phenoxy) is 3. The van der Waals surface area contributed by atoms with E-state index < -0.39 is 20.2 Å². The standard InChI is InChI=1S/C53H58N5O6PS.BrH/c1-38(2)58(39(3)4)65(63-33-15-31-54)64-37-44(36-62-53(41-16-9-8-10-17-41,42-22-26-45(60-6)27-23-42)43-24-28-46(61-7)29-25-43)55-51(59)35-57-32-30-40(47-18-11-12-19-48(47)57)34-52-56(5)49-20-13-14-21-50(49)66-52;/h8-14,16-30,32,34,38-39,44H,15,33,35-37H2,1-7H3;1H/t44-,65?;/m0./s1. The van der Waals surface area contributed by atoms with E-state index in [9.17, 15) is 10.1 Å². The SMILES string of the molecule is COc1ccc(C(OC[C@@H](COP(OCCC#N)N(C(C)C)C(C)C)NC(=O)C[n+]2ccc(/C=C3\Sc4ccccc4N3C)c3ccccc32)(c2ccccc2)c2ccc(OC)cc2)cc1.[Br-]. The minimum absolute atomic E-state index is 0. The first-order chi connectivity index (χ1) is 32.1. The van der Waals surface area contributed by atoms with Gasteiger partial charge in [-0.1, -0.05) is 90.6 Å². The van der Waals surface area contributed by atoms with Crippen LogP contribution in [0.1, 0.15) is 56.4 Å². The number of para-hydroxylation sites is 2. The maximum Gasteiger partial charge on any atom is 0.286 e. The Morgan fingerprint density at radius 3 is 2.01 bits per heavy atom. The minimum atomic E-state index is -1.62. The molecule has 0 fully saturated rings. The smallest absolute Gasteiger partial charge is 0.286 e. The number of aromatic nitrogens is 1. The first kappa shape index (κ1) is 51.1. The van der Waals surface area contributed by atoms with Crippen molar-refractivity contribution in [3.05, 3.63) is 167 Å². The van der Waals surface area contributed by atoms with Crippen LogP contribution < -0.4 is 41.2 Å². The second-order valence-corrected chi connectivity index (χ2v) is 19.0. The number of nitrogens with zero attached hydrogens (tertiary/aromatic N) is 4. The molecule has 0 radical (unpaired) electrons. The van der Waals surface area contributed by atoms with E-state index in [1.54, 1.807) is 26.0 Å². The number of carbonyl (C=O) groups is 1. The Hall–Kier alpha value is -5.29. The van der Waals surface area contributed by atoms with E-state index in [0.717, 1.165) is 38.2 Å². The van der Waals surface area contributed by atoms with Crippen LogP contribution in [0.25, 0.3) is 17.0 Å². The van der Waals surface area contributed by atoms with E-state index in [1.807, 2.05) is 108 Å². The second kappa shape index (κ2) is 24.1. The maximum atomic E-state index is 14.5. The summed E-state index contributed by atoms with van der Waals surface area (Å²) >= 11 is 1.75. The van der Waals surface area contributed by atoms with Gasteiger partial charge >= 0.3 is 0 Å². The molecule has 1 aliphatic rings. The number of benzene rings is 5. The summed E-state index contributed by atoms with van der Waals surface area (Å²) in [7, 11) is 3.76. The molecular weight excluding hydrogens is 946 g/mol. The third-order valence-corrected chi connectivity index (χ3v) is 14.7. The number of amides is 1. The van der Waals surface area contributed by atoms with Crippen LogP contribution in [0.4, 0.5) is 5.69 Å². The Balaban J connectivity index is 0.00000741. The van der Waals surface area contributed by atoms with Crippen molar-refractivity contribution in [1.29, 1.82) is 5.26 Å². The van der Waals surface area contributed by atoms with Gasteiger partial charge in [0.2, 0.25) is 12.1 Å². The predicted molar refractivity (Wildman–Crippen MR) is 264 cm³/mol. The summed E-state index contributed by atoms with van der Waals surface area (Å²) in [6.07, 6.45) is 4.41. The number of pyridine rings is 1. The first-order valence-corrected chi connectivity index (χ1v) is 24.1. The molecule has 7 rings (SSSR count). The van der Waals surface area contributed by atoms with Gasteiger partial charge in [0.05, 0.1) is 68.7 Å². The van der Waals surface area contributed by atoms with Crippen LogP contribution in [0.5, 0.6) is 11.5 Å². The number of fused-ring (bicyclic) bond motifs is 2. The molecule has 2 heterocycles. The summed E-state index contributed by atoms with van der Waals surface area (Å²) in [5.41, 5.74) is 4.64. The van der Waals surface area contributed by atoms with E-state index in [1.165, 1.54) is 10.6 Å². The monoisotopic (exact) mass is 1000 g/mol. The van der Waals surface area contributed by atoms with Crippen molar-refractivity contribution < 1.29 is 49.6 Å². The highest BCUT2D eigenvalue weighted by Gasteiger charge is 2.39. The number of halogens is 1. The van der Waals surface area contributed by atoms with Gasteiger partial charge in [0.15, 0.2) is 6.20 Å². The molecule has 5 aromatic carbocycles. The lowest BCUT2D eigenvalue weighted by molar-refractivity contribution is -0.658. The number of rotatable bonds is 21. The van der Waals surface area contributed by atoms with Gasteiger partial charge in [0.25, 0.3) is 14.4 Å². The fraction of sp³-hybridized carbons (Fsp3) is 0.302. The van der Waals surface area contributed by atoms with E-state index in [-0.39, 0.29) is 67.8 Å². The number of methoxy groups -OCH3 is 2. The summed E-state index contributed by atoms with van der Waals surface area (Å²) in [5.74, 6) is 1.21. The van der Waals surface area contributed by atoms with Crippen molar-refractivity contribution in [2.45, 2.75) is 69.3 Å². The highest BCUT2D eigenvalue weighted by Crippen LogP contribution is 2.47. The molecule has 0 bridgehead atoms. The Labute approximate surface area is 411 Å². The lowest BCUT2D eigenvalue weighted by Crippen LogP contribution is -3.00. The maximum absolute atomic E-state index is 14.5. The molecule has 0 saturated carbocycles. The molecule has 1 amide bonds. The van der Waals surface area contributed by atoms with E-state index in [4.69, 9.17) is 23.3 Å². The molecule has 0 spiro atoms. The fourth-order valence-corrected chi connectivity index (χ4v) is 11.0. The van der Waals surface area contributed by atoms with Gasteiger partial charge in [-0.2, -0.15) is 9.83 Å². The third-order valence-electron chi connectivity index (χ3n) is 11.4.